The fraction of sp³-hybridized carbons (Fsp3) is 0.688. The molecule has 0 amide bonds. The summed E-state index contributed by atoms with van der Waals surface area (Å²) in [6, 6.07) is 3.49. The largest absolute Gasteiger partial charge is 0.309 e. The zero-order valence-corrected chi connectivity index (χ0v) is 13.2. The van der Waals surface area contributed by atoms with E-state index in [1.165, 1.54) is 12.3 Å². The van der Waals surface area contributed by atoms with Crippen LogP contribution in [-0.2, 0) is 0 Å². The zero-order valence-electron chi connectivity index (χ0n) is 13.2. The van der Waals surface area contributed by atoms with Crippen molar-refractivity contribution in [2.45, 2.75) is 26.3 Å². The van der Waals surface area contributed by atoms with Crippen molar-refractivity contribution in [1.82, 2.24) is 20.1 Å². The van der Waals surface area contributed by atoms with Gasteiger partial charge in [-0.3, -0.25) is 4.98 Å². The first-order valence-corrected chi connectivity index (χ1v) is 8.02. The summed E-state index contributed by atoms with van der Waals surface area (Å²) in [5, 5.41) is 3.46. The highest BCUT2D eigenvalue weighted by atomic mass is 19.1. The molecule has 1 aromatic rings. The summed E-state index contributed by atoms with van der Waals surface area (Å²) in [6.07, 6.45) is 2.32. The lowest BCUT2D eigenvalue weighted by Crippen LogP contribution is -2.46. The lowest BCUT2D eigenvalue weighted by Gasteiger charge is -2.34. The van der Waals surface area contributed by atoms with Crippen molar-refractivity contribution in [3.8, 4) is 0 Å². The summed E-state index contributed by atoms with van der Waals surface area (Å²) in [4.78, 5) is 9.22. The van der Waals surface area contributed by atoms with E-state index in [1.54, 1.807) is 6.07 Å². The average Bonchev–Trinajstić information content (AvgIpc) is 2.53. The first kappa shape index (κ1) is 16.3. The van der Waals surface area contributed by atoms with Gasteiger partial charge in [0.2, 0.25) is 0 Å². The van der Waals surface area contributed by atoms with Crippen molar-refractivity contribution >= 4 is 0 Å². The minimum absolute atomic E-state index is 0.208. The van der Waals surface area contributed by atoms with Gasteiger partial charge in [0.25, 0.3) is 0 Å². The number of nitrogens with one attached hydrogen (secondary N) is 1. The van der Waals surface area contributed by atoms with E-state index in [9.17, 15) is 4.39 Å². The molecule has 4 nitrogen and oxygen atoms in total. The Kier molecular flexibility index (Phi) is 6.54. The molecule has 5 heteroatoms. The molecule has 1 unspecified atom stereocenters. The molecular weight excluding hydrogens is 267 g/mol. The summed E-state index contributed by atoms with van der Waals surface area (Å²) in [7, 11) is 0. The van der Waals surface area contributed by atoms with Crippen LogP contribution in [0.4, 0.5) is 4.39 Å². The molecule has 0 radical (unpaired) electrons. The Morgan fingerprint density at radius 1 is 1.19 bits per heavy atom. The highest BCUT2D eigenvalue weighted by Crippen LogP contribution is 2.16. The summed E-state index contributed by atoms with van der Waals surface area (Å²) in [5.41, 5.74) is 0.936. The van der Waals surface area contributed by atoms with Crippen molar-refractivity contribution < 1.29 is 4.39 Å². The van der Waals surface area contributed by atoms with E-state index < -0.39 is 0 Å². The standard InChI is InChI=1S/C16H27FN4/c1-3-18-16(15-6-5-14(17)13-19-15)7-8-21-11-9-20(4-2)10-12-21/h5-6,13,16,18H,3-4,7-12H2,1-2H3. The molecule has 1 fully saturated rings. The Morgan fingerprint density at radius 2 is 1.90 bits per heavy atom. The van der Waals surface area contributed by atoms with E-state index >= 15 is 0 Å². The second-order valence-electron chi connectivity index (χ2n) is 5.58. The third-order valence-corrected chi connectivity index (χ3v) is 4.20. The molecule has 1 aliphatic rings. The maximum atomic E-state index is 13.0. The molecule has 1 aliphatic heterocycles. The normalized spacial score (nSPS) is 18.8. The first-order chi connectivity index (χ1) is 10.2. The summed E-state index contributed by atoms with van der Waals surface area (Å²) in [6.45, 7) is 12.0. The number of pyridine rings is 1. The predicted octanol–water partition coefficient (Wildman–Crippen LogP) is 1.90. The van der Waals surface area contributed by atoms with Crippen LogP contribution in [-0.4, -0.2) is 60.6 Å². The lowest BCUT2D eigenvalue weighted by atomic mass is 10.1. The van der Waals surface area contributed by atoms with Crippen LogP contribution in [0.3, 0.4) is 0 Å². The van der Waals surface area contributed by atoms with Crippen molar-refractivity contribution in [3.05, 3.63) is 29.8 Å². The maximum absolute atomic E-state index is 13.0. The molecule has 0 saturated carbocycles. The Bertz CT molecular complexity index is 401. The second kappa shape index (κ2) is 8.41. The van der Waals surface area contributed by atoms with Crippen molar-refractivity contribution in [2.75, 3.05) is 45.8 Å². The van der Waals surface area contributed by atoms with Crippen LogP contribution in [0.15, 0.2) is 18.3 Å². The van der Waals surface area contributed by atoms with Crippen LogP contribution >= 0.6 is 0 Å². The fourth-order valence-electron chi connectivity index (χ4n) is 2.84. The number of halogens is 1. The van der Waals surface area contributed by atoms with Gasteiger partial charge in [-0.15, -0.1) is 0 Å². The van der Waals surface area contributed by atoms with Gasteiger partial charge < -0.3 is 15.1 Å². The number of rotatable bonds is 7. The van der Waals surface area contributed by atoms with E-state index in [-0.39, 0.29) is 11.9 Å². The van der Waals surface area contributed by atoms with E-state index in [2.05, 4.69) is 33.9 Å². The Hall–Kier alpha value is -1.04. The fourth-order valence-corrected chi connectivity index (χ4v) is 2.84. The minimum atomic E-state index is -0.273. The zero-order chi connectivity index (χ0) is 15.1. The van der Waals surface area contributed by atoms with Crippen LogP contribution in [0, 0.1) is 5.82 Å². The maximum Gasteiger partial charge on any atom is 0.141 e. The molecule has 1 N–H and O–H groups in total. The van der Waals surface area contributed by atoms with E-state index in [0.717, 1.165) is 57.9 Å². The second-order valence-corrected chi connectivity index (χ2v) is 5.58. The van der Waals surface area contributed by atoms with Gasteiger partial charge in [0, 0.05) is 32.7 Å². The van der Waals surface area contributed by atoms with Gasteiger partial charge in [-0.25, -0.2) is 4.39 Å². The monoisotopic (exact) mass is 294 g/mol. The molecule has 0 spiro atoms. The molecule has 1 atom stereocenters. The number of hydrogen-bond acceptors (Lipinski definition) is 4. The quantitative estimate of drug-likeness (QED) is 0.832. The van der Waals surface area contributed by atoms with Crippen molar-refractivity contribution in [1.29, 1.82) is 0 Å². The Labute approximate surface area is 127 Å². The van der Waals surface area contributed by atoms with Crippen LogP contribution in [0.2, 0.25) is 0 Å². The minimum Gasteiger partial charge on any atom is -0.309 e. The predicted molar refractivity (Wildman–Crippen MR) is 83.8 cm³/mol. The van der Waals surface area contributed by atoms with Crippen LogP contribution in [0.25, 0.3) is 0 Å². The molecular formula is C16H27FN4. The third-order valence-electron chi connectivity index (χ3n) is 4.20. The summed E-state index contributed by atoms with van der Waals surface area (Å²) in [5.74, 6) is -0.273. The van der Waals surface area contributed by atoms with Crippen LogP contribution in [0.5, 0.6) is 0 Å². The van der Waals surface area contributed by atoms with Gasteiger partial charge >= 0.3 is 0 Å². The highest BCUT2D eigenvalue weighted by molar-refractivity contribution is 5.10. The van der Waals surface area contributed by atoms with Crippen molar-refractivity contribution in [2.24, 2.45) is 0 Å². The molecule has 118 valence electrons. The molecule has 0 bridgehead atoms. The van der Waals surface area contributed by atoms with Gasteiger partial charge in [0.15, 0.2) is 0 Å². The number of hydrogen-bond donors (Lipinski definition) is 1. The molecule has 2 rings (SSSR count). The summed E-state index contributed by atoms with van der Waals surface area (Å²) >= 11 is 0. The highest BCUT2D eigenvalue weighted by Gasteiger charge is 2.18. The number of aromatic nitrogens is 1. The molecule has 21 heavy (non-hydrogen) atoms. The van der Waals surface area contributed by atoms with E-state index in [1.807, 2.05) is 0 Å². The van der Waals surface area contributed by atoms with Gasteiger partial charge in [-0.05, 0) is 31.6 Å². The summed E-state index contributed by atoms with van der Waals surface area (Å²) < 4.78 is 13.0. The van der Waals surface area contributed by atoms with E-state index in [4.69, 9.17) is 0 Å². The van der Waals surface area contributed by atoms with E-state index in [0.29, 0.717) is 0 Å². The Morgan fingerprint density at radius 3 is 2.48 bits per heavy atom. The molecule has 1 saturated heterocycles. The average molecular weight is 294 g/mol. The van der Waals surface area contributed by atoms with Gasteiger partial charge in [0.1, 0.15) is 5.82 Å². The smallest absolute Gasteiger partial charge is 0.141 e. The Balaban J connectivity index is 1.84. The third kappa shape index (κ3) is 5.02. The van der Waals surface area contributed by atoms with Crippen LogP contribution < -0.4 is 5.32 Å². The van der Waals surface area contributed by atoms with Gasteiger partial charge in [-0.1, -0.05) is 13.8 Å². The first-order valence-electron chi connectivity index (χ1n) is 8.02. The molecule has 0 aliphatic carbocycles. The number of piperazine rings is 1. The molecule has 1 aromatic heterocycles. The van der Waals surface area contributed by atoms with Gasteiger partial charge in [-0.2, -0.15) is 0 Å². The number of likely N-dealkylation sites (N-methyl/N-ethyl adjacent to an activating group) is 1. The van der Waals surface area contributed by atoms with Crippen LogP contribution in [0.1, 0.15) is 32.0 Å². The molecule has 0 aromatic carbocycles. The SMILES string of the molecule is CCNC(CCN1CCN(CC)CC1)c1ccc(F)cn1. The van der Waals surface area contributed by atoms with Gasteiger partial charge in [0.05, 0.1) is 17.9 Å². The van der Waals surface area contributed by atoms with Crippen molar-refractivity contribution in [3.63, 3.8) is 0 Å². The molecule has 2 heterocycles. The lowest BCUT2D eigenvalue weighted by molar-refractivity contribution is 0.133. The number of nitrogens with zero attached hydrogens (tertiary/aromatic N) is 3. The topological polar surface area (TPSA) is 31.4 Å².